The molecule has 304 valence electrons. The fraction of sp³-hybridized carbons (Fsp3) is 0.0333. The molecule has 0 fully saturated rings. The molecule has 0 radical (unpaired) electrons. The number of allylic oxidation sites excluding steroid dienone is 4. The van der Waals surface area contributed by atoms with Gasteiger partial charge < -0.3 is 18.9 Å². The quantitative estimate of drug-likeness (QED) is 0.144. The highest BCUT2D eigenvalue weighted by Crippen LogP contribution is 2.44. The monoisotopic (exact) mass is 820 g/mol. The number of fused-ring (bicyclic) bond motifs is 6. The third-order valence-electron chi connectivity index (χ3n) is 12.8. The predicted molar refractivity (Wildman–Crippen MR) is 270 cm³/mol. The first-order valence-corrected chi connectivity index (χ1v) is 22.1. The summed E-state index contributed by atoms with van der Waals surface area (Å²) in [4.78, 5) is 4.68. The van der Waals surface area contributed by atoms with Crippen molar-refractivity contribution in [2.24, 2.45) is 0 Å². The van der Waals surface area contributed by atoms with E-state index in [9.17, 15) is 0 Å². The zero-order chi connectivity index (χ0) is 42.4. The second-order valence-corrected chi connectivity index (χ2v) is 16.5. The molecule has 0 saturated carbocycles. The Balaban J connectivity index is 0.989. The summed E-state index contributed by atoms with van der Waals surface area (Å²) >= 11 is 0. The Morgan fingerprint density at radius 1 is 0.344 bits per heavy atom. The van der Waals surface area contributed by atoms with E-state index in [4.69, 9.17) is 0 Å². The van der Waals surface area contributed by atoms with Crippen LogP contribution in [0.15, 0.2) is 249 Å². The van der Waals surface area contributed by atoms with Crippen molar-refractivity contribution in [2.75, 3.05) is 9.80 Å². The minimum Gasteiger partial charge on any atom is -0.311 e. The van der Waals surface area contributed by atoms with E-state index in [1.807, 2.05) is 0 Å². The Labute approximate surface area is 373 Å². The lowest BCUT2D eigenvalue weighted by Gasteiger charge is -2.26. The summed E-state index contributed by atoms with van der Waals surface area (Å²) in [5.41, 5.74) is 15.2. The van der Waals surface area contributed by atoms with Crippen molar-refractivity contribution in [1.29, 1.82) is 0 Å². The molecule has 1 aliphatic carbocycles. The van der Waals surface area contributed by atoms with Crippen molar-refractivity contribution >= 4 is 83.4 Å². The molecule has 1 aliphatic rings. The van der Waals surface area contributed by atoms with E-state index in [2.05, 4.69) is 268 Å². The molecule has 0 spiro atoms. The first-order valence-electron chi connectivity index (χ1n) is 22.1. The van der Waals surface area contributed by atoms with Crippen LogP contribution < -0.4 is 9.80 Å². The topological polar surface area (TPSA) is 16.3 Å². The molecule has 4 heteroatoms. The number of para-hydroxylation sites is 6. The summed E-state index contributed by atoms with van der Waals surface area (Å²) in [6, 6.07) is 83.1. The Kier molecular flexibility index (Phi) is 9.27. The smallest absolute Gasteiger partial charge is 0.0548 e. The van der Waals surface area contributed by atoms with Gasteiger partial charge in [0.15, 0.2) is 0 Å². The van der Waals surface area contributed by atoms with Crippen molar-refractivity contribution < 1.29 is 0 Å². The van der Waals surface area contributed by atoms with Crippen LogP contribution in [0.3, 0.4) is 0 Å². The van der Waals surface area contributed by atoms with Crippen molar-refractivity contribution in [3.63, 3.8) is 0 Å². The molecule has 12 rings (SSSR count). The molecule has 0 bridgehead atoms. The summed E-state index contributed by atoms with van der Waals surface area (Å²) < 4.78 is 4.91. The molecule has 0 amide bonds. The third-order valence-corrected chi connectivity index (χ3v) is 12.8. The highest BCUT2D eigenvalue weighted by Gasteiger charge is 2.23. The molecule has 2 aromatic heterocycles. The molecule has 2 heterocycles. The Bertz CT molecular complexity index is 3420. The van der Waals surface area contributed by atoms with E-state index < -0.39 is 0 Å². The predicted octanol–water partition coefficient (Wildman–Crippen LogP) is 16.4. The summed E-state index contributed by atoms with van der Waals surface area (Å²) in [7, 11) is 0. The van der Waals surface area contributed by atoms with Crippen molar-refractivity contribution in [1.82, 2.24) is 9.13 Å². The van der Waals surface area contributed by atoms with Gasteiger partial charge in [0.05, 0.1) is 22.1 Å². The first kappa shape index (κ1) is 37.4. The van der Waals surface area contributed by atoms with Crippen LogP contribution >= 0.6 is 0 Å². The summed E-state index contributed by atoms with van der Waals surface area (Å²) in [6.45, 7) is 0. The molecule has 1 atom stereocenters. The van der Waals surface area contributed by atoms with E-state index in [0.29, 0.717) is 0 Å². The number of benzene rings is 9. The molecule has 64 heavy (non-hydrogen) atoms. The van der Waals surface area contributed by atoms with Crippen molar-refractivity contribution in [3.8, 4) is 5.69 Å². The average molecular weight is 821 g/mol. The Morgan fingerprint density at radius 2 is 0.781 bits per heavy atom. The van der Waals surface area contributed by atoms with Gasteiger partial charge in [-0.05, 0) is 127 Å². The van der Waals surface area contributed by atoms with Crippen molar-refractivity contribution in [2.45, 2.75) is 12.3 Å². The number of aromatic nitrogens is 2. The number of rotatable bonds is 9. The lowest BCUT2D eigenvalue weighted by atomic mass is 9.91. The lowest BCUT2D eigenvalue weighted by molar-refractivity contribution is 0.850. The average Bonchev–Trinajstić information content (AvgIpc) is 3.87. The maximum Gasteiger partial charge on any atom is 0.0548 e. The van der Waals surface area contributed by atoms with E-state index in [1.165, 1.54) is 54.9 Å². The Hall–Kier alpha value is -8.34. The number of nitrogens with zero attached hydrogens (tertiary/aromatic N) is 4. The Morgan fingerprint density at radius 3 is 1.34 bits per heavy atom. The minimum absolute atomic E-state index is 0.264. The van der Waals surface area contributed by atoms with Gasteiger partial charge in [-0.1, -0.05) is 133 Å². The molecule has 0 saturated heterocycles. The largest absolute Gasteiger partial charge is 0.311 e. The molecule has 1 unspecified atom stereocenters. The standard InChI is InChI=1S/C60H44N4/c1-6-18-45(19-7-1)61(46-20-8-2-9-21-46)50-34-30-43(31-35-50)44-32-36-51(37-33-44)64-58-39-38-52(62(47-22-10-3-11-23-47)48-24-12-4-13-25-48)40-54(58)56-42-59-55(41-60(56)64)53-28-16-17-29-57(53)63(59)49-26-14-5-15-27-49/h1-32,34-42,44H,33H2. The van der Waals surface area contributed by atoms with Gasteiger partial charge in [-0.15, -0.1) is 0 Å². The molecule has 4 nitrogen and oxygen atoms in total. The maximum atomic E-state index is 2.49. The number of anilines is 6. The minimum atomic E-state index is 0.264. The van der Waals surface area contributed by atoms with Crippen LogP contribution in [-0.4, -0.2) is 9.13 Å². The molecular weight excluding hydrogens is 777 g/mol. The van der Waals surface area contributed by atoms with Crippen LogP contribution in [0.2, 0.25) is 0 Å². The zero-order valence-electron chi connectivity index (χ0n) is 35.2. The van der Waals surface area contributed by atoms with Crippen LogP contribution in [0.25, 0.3) is 55.0 Å². The van der Waals surface area contributed by atoms with E-state index in [1.54, 1.807) is 0 Å². The van der Waals surface area contributed by atoms with Crippen LogP contribution in [0.4, 0.5) is 34.1 Å². The van der Waals surface area contributed by atoms with Gasteiger partial charge in [-0.25, -0.2) is 0 Å². The van der Waals surface area contributed by atoms with E-state index in [-0.39, 0.29) is 5.92 Å². The summed E-state index contributed by atoms with van der Waals surface area (Å²) in [6.07, 6.45) is 8.07. The van der Waals surface area contributed by atoms with Gasteiger partial charge in [0.2, 0.25) is 0 Å². The molecular formula is C60H44N4. The molecule has 0 N–H and O–H groups in total. The van der Waals surface area contributed by atoms with Crippen LogP contribution in [0.1, 0.15) is 17.9 Å². The first-order chi connectivity index (χ1) is 31.8. The molecule has 0 aliphatic heterocycles. The summed E-state index contributed by atoms with van der Waals surface area (Å²) in [5.74, 6) is 0.264. The second kappa shape index (κ2) is 15.8. The second-order valence-electron chi connectivity index (χ2n) is 16.5. The van der Waals surface area contributed by atoms with Crippen LogP contribution in [-0.2, 0) is 0 Å². The van der Waals surface area contributed by atoms with Gasteiger partial charge in [0.25, 0.3) is 0 Å². The fourth-order valence-corrected chi connectivity index (χ4v) is 9.84. The summed E-state index contributed by atoms with van der Waals surface area (Å²) in [5, 5.41) is 4.92. The van der Waals surface area contributed by atoms with E-state index >= 15 is 0 Å². The normalized spacial score (nSPS) is 13.8. The van der Waals surface area contributed by atoms with Crippen LogP contribution in [0.5, 0.6) is 0 Å². The van der Waals surface area contributed by atoms with Gasteiger partial charge in [0, 0.05) is 73.0 Å². The number of hydrogen-bond donors (Lipinski definition) is 0. The highest BCUT2D eigenvalue weighted by atomic mass is 15.1. The highest BCUT2D eigenvalue weighted by molar-refractivity contribution is 6.20. The van der Waals surface area contributed by atoms with Gasteiger partial charge in [0.1, 0.15) is 0 Å². The van der Waals surface area contributed by atoms with E-state index in [0.717, 1.165) is 46.2 Å². The molecule has 9 aromatic carbocycles. The lowest BCUT2D eigenvalue weighted by Crippen LogP contribution is -2.10. The zero-order valence-corrected chi connectivity index (χ0v) is 35.2. The van der Waals surface area contributed by atoms with Gasteiger partial charge in [-0.2, -0.15) is 0 Å². The maximum absolute atomic E-state index is 2.49. The SMILES string of the molecule is C1=CC(c2ccc(N(c3ccccc3)c3ccccc3)cc2)CC=C1n1c2ccc(N(c3ccccc3)c3ccccc3)cc2c2cc3c(cc21)c1ccccc1n3-c1ccccc1. The third kappa shape index (κ3) is 6.47. The van der Waals surface area contributed by atoms with Crippen LogP contribution in [0, 0.1) is 0 Å². The van der Waals surface area contributed by atoms with Gasteiger partial charge in [-0.3, -0.25) is 0 Å². The fourth-order valence-electron chi connectivity index (χ4n) is 9.84. The number of hydrogen-bond acceptors (Lipinski definition) is 2. The molecule has 11 aromatic rings. The van der Waals surface area contributed by atoms with Crippen molar-refractivity contribution in [3.05, 3.63) is 254 Å². The van der Waals surface area contributed by atoms with Gasteiger partial charge >= 0.3 is 0 Å².